The number of anilines is 3. The van der Waals surface area contributed by atoms with Crippen LogP contribution in [0, 0.1) is 0 Å². The summed E-state index contributed by atoms with van der Waals surface area (Å²) in [5.41, 5.74) is 14.0. The van der Waals surface area contributed by atoms with Gasteiger partial charge in [0.15, 0.2) is 5.65 Å². The van der Waals surface area contributed by atoms with Crippen LogP contribution in [0.25, 0.3) is 21.8 Å². The summed E-state index contributed by atoms with van der Waals surface area (Å²) in [5.74, 6) is -2.75. The molecule has 0 fully saturated rings. The molecule has 0 aliphatic carbocycles. The summed E-state index contributed by atoms with van der Waals surface area (Å²) in [6.45, 7) is 0.457. The average molecular weight is 504 g/mol. The summed E-state index contributed by atoms with van der Waals surface area (Å²) in [4.78, 5) is 49.8. The van der Waals surface area contributed by atoms with Gasteiger partial charge < -0.3 is 31.9 Å². The van der Waals surface area contributed by atoms with E-state index in [9.17, 15) is 19.5 Å². The SMILES string of the molecule is CN(Cc1cnc2nc(N)nc(N)c2c1)c1ccc(C(=O)N[C@@H](CCC(=O)O)C(=O)O)c2ccccc12. The number of nitrogens with one attached hydrogen (secondary N) is 1. The zero-order chi connectivity index (χ0) is 26.7. The molecule has 0 unspecified atom stereocenters. The molecule has 2 heterocycles. The molecule has 0 spiro atoms. The summed E-state index contributed by atoms with van der Waals surface area (Å²) in [5, 5.41) is 22.7. The van der Waals surface area contributed by atoms with E-state index in [1.807, 2.05) is 30.1 Å². The maximum Gasteiger partial charge on any atom is 0.326 e. The van der Waals surface area contributed by atoms with Gasteiger partial charge in [0.1, 0.15) is 11.9 Å². The van der Waals surface area contributed by atoms with Crippen LogP contribution in [0.2, 0.25) is 0 Å². The maximum atomic E-state index is 13.0. The monoisotopic (exact) mass is 503 g/mol. The first kappa shape index (κ1) is 25.1. The number of rotatable bonds is 9. The number of nitrogens with two attached hydrogens (primary N) is 2. The molecule has 0 aliphatic rings. The second-order valence-electron chi connectivity index (χ2n) is 8.51. The van der Waals surface area contributed by atoms with Crippen molar-refractivity contribution in [3.63, 3.8) is 0 Å². The first-order valence-corrected chi connectivity index (χ1v) is 11.3. The molecule has 4 rings (SSSR count). The predicted octanol–water partition coefficient (Wildman–Crippen LogP) is 2.03. The van der Waals surface area contributed by atoms with E-state index in [2.05, 4.69) is 20.3 Å². The third kappa shape index (κ3) is 5.48. The Labute approximate surface area is 210 Å². The van der Waals surface area contributed by atoms with Gasteiger partial charge in [0.25, 0.3) is 5.91 Å². The van der Waals surface area contributed by atoms with Gasteiger partial charge in [-0.2, -0.15) is 9.97 Å². The van der Waals surface area contributed by atoms with Crippen molar-refractivity contribution in [3.8, 4) is 0 Å². The Morgan fingerprint density at radius 2 is 1.76 bits per heavy atom. The number of carboxylic acid groups (broad SMARTS) is 2. The molecule has 2 aromatic heterocycles. The molecule has 12 nitrogen and oxygen atoms in total. The predicted molar refractivity (Wildman–Crippen MR) is 138 cm³/mol. The van der Waals surface area contributed by atoms with E-state index < -0.39 is 23.9 Å². The fourth-order valence-electron chi connectivity index (χ4n) is 4.12. The number of aliphatic carboxylic acids is 2. The lowest BCUT2D eigenvalue weighted by molar-refractivity contribution is -0.140. The maximum absolute atomic E-state index is 13.0. The van der Waals surface area contributed by atoms with Crippen LogP contribution in [0.3, 0.4) is 0 Å². The number of fused-ring (bicyclic) bond motifs is 2. The van der Waals surface area contributed by atoms with E-state index >= 15 is 0 Å². The van der Waals surface area contributed by atoms with Crippen molar-refractivity contribution in [2.75, 3.05) is 23.4 Å². The molecule has 0 bridgehead atoms. The fraction of sp³-hybridized carbons (Fsp3) is 0.200. The lowest BCUT2D eigenvalue weighted by atomic mass is 10.0. The number of hydrogen-bond acceptors (Lipinski definition) is 9. The number of nitrogens with zero attached hydrogens (tertiary/aromatic N) is 4. The number of benzene rings is 2. The minimum Gasteiger partial charge on any atom is -0.481 e. The summed E-state index contributed by atoms with van der Waals surface area (Å²) in [7, 11) is 1.89. The molecule has 190 valence electrons. The van der Waals surface area contributed by atoms with E-state index in [0.717, 1.165) is 16.6 Å². The minimum atomic E-state index is -1.32. The van der Waals surface area contributed by atoms with E-state index in [-0.39, 0.29) is 30.2 Å². The Bertz CT molecular complexity index is 1520. The number of hydrogen-bond donors (Lipinski definition) is 5. The lowest BCUT2D eigenvalue weighted by Crippen LogP contribution is -2.41. The highest BCUT2D eigenvalue weighted by Gasteiger charge is 2.23. The Kier molecular flexibility index (Phi) is 7.00. The van der Waals surface area contributed by atoms with E-state index in [0.29, 0.717) is 23.0 Å². The summed E-state index contributed by atoms with van der Waals surface area (Å²) in [6, 6.07) is 11.2. The third-order valence-corrected chi connectivity index (χ3v) is 5.88. The van der Waals surface area contributed by atoms with Gasteiger partial charge in [-0.1, -0.05) is 24.3 Å². The number of carbonyl (C=O) groups is 3. The molecule has 37 heavy (non-hydrogen) atoms. The Morgan fingerprint density at radius 1 is 1.03 bits per heavy atom. The number of carboxylic acids is 2. The first-order chi connectivity index (χ1) is 17.6. The molecule has 2 aromatic carbocycles. The van der Waals surface area contributed by atoms with Crippen molar-refractivity contribution >= 4 is 57.1 Å². The highest BCUT2D eigenvalue weighted by Crippen LogP contribution is 2.30. The Balaban J connectivity index is 1.62. The molecular weight excluding hydrogens is 478 g/mol. The molecule has 0 aliphatic heterocycles. The summed E-state index contributed by atoms with van der Waals surface area (Å²) in [6.07, 6.45) is 1.07. The fourth-order valence-corrected chi connectivity index (χ4v) is 4.12. The van der Waals surface area contributed by atoms with Gasteiger partial charge in [-0.15, -0.1) is 0 Å². The van der Waals surface area contributed by atoms with Gasteiger partial charge >= 0.3 is 11.9 Å². The van der Waals surface area contributed by atoms with Gasteiger partial charge in [-0.3, -0.25) is 9.59 Å². The van der Waals surface area contributed by atoms with Crippen molar-refractivity contribution < 1.29 is 24.6 Å². The minimum absolute atomic E-state index is 0.0505. The second-order valence-corrected chi connectivity index (χ2v) is 8.51. The topological polar surface area (TPSA) is 198 Å². The van der Waals surface area contributed by atoms with E-state index in [1.54, 1.807) is 30.5 Å². The summed E-state index contributed by atoms with van der Waals surface area (Å²) < 4.78 is 0. The molecule has 0 saturated carbocycles. The van der Waals surface area contributed by atoms with Crippen LogP contribution in [-0.4, -0.2) is 56.1 Å². The smallest absolute Gasteiger partial charge is 0.326 e. The number of nitrogen functional groups attached to an aromatic ring is 2. The standard InChI is InChI=1S/C25H25N7O5/c1-32(12-13-10-17-21(26)30-25(27)31-22(17)28-11-13)19-8-6-16(14-4-2-3-5-15(14)19)23(35)29-18(24(36)37)7-9-20(33)34/h2-6,8,10-11,18H,7,9,12H2,1H3,(H,29,35)(H,33,34)(H,36,37)(H4,26,27,28,30,31)/t18-/m0/s1. The molecule has 1 amide bonds. The van der Waals surface area contributed by atoms with Crippen LogP contribution in [-0.2, 0) is 16.1 Å². The largest absolute Gasteiger partial charge is 0.481 e. The Morgan fingerprint density at radius 3 is 2.46 bits per heavy atom. The number of carbonyl (C=O) groups excluding carboxylic acids is 1. The molecule has 12 heteroatoms. The van der Waals surface area contributed by atoms with Crippen LogP contribution in [0.5, 0.6) is 0 Å². The summed E-state index contributed by atoms with van der Waals surface area (Å²) >= 11 is 0. The highest BCUT2D eigenvalue weighted by atomic mass is 16.4. The van der Waals surface area contributed by atoms with E-state index in [4.69, 9.17) is 16.6 Å². The average Bonchev–Trinajstić information content (AvgIpc) is 2.85. The molecule has 0 radical (unpaired) electrons. The van der Waals surface area contributed by atoms with Crippen molar-refractivity contribution in [1.82, 2.24) is 20.3 Å². The van der Waals surface area contributed by atoms with Gasteiger partial charge in [0, 0.05) is 42.8 Å². The van der Waals surface area contributed by atoms with Gasteiger partial charge in [0.05, 0.1) is 5.39 Å². The zero-order valence-electron chi connectivity index (χ0n) is 19.9. The van der Waals surface area contributed by atoms with Crippen molar-refractivity contribution in [1.29, 1.82) is 0 Å². The third-order valence-electron chi connectivity index (χ3n) is 5.88. The molecular formula is C25H25N7O5. The van der Waals surface area contributed by atoms with Crippen molar-refractivity contribution in [3.05, 3.63) is 59.8 Å². The van der Waals surface area contributed by atoms with Gasteiger partial charge in [-0.25, -0.2) is 9.78 Å². The normalized spacial score (nSPS) is 11.8. The van der Waals surface area contributed by atoms with E-state index in [1.165, 1.54) is 0 Å². The van der Waals surface area contributed by atoms with Crippen molar-refractivity contribution in [2.24, 2.45) is 0 Å². The van der Waals surface area contributed by atoms with Gasteiger partial charge in [-0.05, 0) is 35.6 Å². The number of aromatic nitrogens is 3. The van der Waals surface area contributed by atoms with Crippen LogP contribution < -0.4 is 21.7 Å². The van der Waals surface area contributed by atoms with Crippen LogP contribution in [0.15, 0.2) is 48.7 Å². The first-order valence-electron chi connectivity index (χ1n) is 11.3. The second kappa shape index (κ2) is 10.3. The van der Waals surface area contributed by atoms with Crippen LogP contribution >= 0.6 is 0 Å². The zero-order valence-corrected chi connectivity index (χ0v) is 19.9. The van der Waals surface area contributed by atoms with Crippen molar-refractivity contribution in [2.45, 2.75) is 25.4 Å². The lowest BCUT2D eigenvalue weighted by Gasteiger charge is -2.23. The molecule has 1 atom stereocenters. The van der Waals surface area contributed by atoms with Crippen LogP contribution in [0.1, 0.15) is 28.8 Å². The molecule has 7 N–H and O–H groups in total. The van der Waals surface area contributed by atoms with Gasteiger partial charge in [0.2, 0.25) is 5.95 Å². The molecule has 4 aromatic rings. The molecule has 0 saturated heterocycles. The van der Waals surface area contributed by atoms with Crippen LogP contribution in [0.4, 0.5) is 17.5 Å². The quantitative estimate of drug-likeness (QED) is 0.224. The Hall–Kier alpha value is -5.00. The number of amides is 1. The number of pyridine rings is 1. The highest BCUT2D eigenvalue weighted by molar-refractivity contribution is 6.11.